The van der Waals surface area contributed by atoms with E-state index in [4.69, 9.17) is 16.6 Å². The van der Waals surface area contributed by atoms with Crippen LogP contribution in [0.2, 0.25) is 0 Å². The zero-order valence-corrected chi connectivity index (χ0v) is 20.9. The summed E-state index contributed by atoms with van der Waals surface area (Å²) in [5.41, 5.74) is 11.3. The van der Waals surface area contributed by atoms with Gasteiger partial charge in [0.25, 0.3) is 0 Å². The molecule has 0 aliphatic carbocycles. The average molecular weight is 506 g/mol. The number of carbonyl (C=O) groups excluding carboxylic acids is 3. The second-order valence-corrected chi connectivity index (χ2v) is 9.28. The molecule has 0 aromatic rings. The van der Waals surface area contributed by atoms with Crippen LogP contribution in [0.25, 0.3) is 0 Å². The number of thioether (sulfide) groups is 1. The van der Waals surface area contributed by atoms with Crippen LogP contribution in [0.5, 0.6) is 0 Å². The number of carboxylic acid groups (broad SMARTS) is 2. The van der Waals surface area contributed by atoms with Crippen molar-refractivity contribution in [1.82, 2.24) is 16.0 Å². The number of carboxylic acids is 2. The molecule has 0 fully saturated rings. The molecular weight excluding hydrogens is 466 g/mol. The van der Waals surface area contributed by atoms with Crippen LogP contribution >= 0.6 is 11.8 Å². The lowest BCUT2D eigenvalue weighted by molar-refractivity contribution is -0.143. The third-order valence-corrected chi connectivity index (χ3v) is 5.70. The van der Waals surface area contributed by atoms with Crippen molar-refractivity contribution < 1.29 is 34.2 Å². The van der Waals surface area contributed by atoms with Crippen molar-refractivity contribution in [2.24, 2.45) is 17.4 Å². The van der Waals surface area contributed by atoms with E-state index in [2.05, 4.69) is 16.0 Å². The number of amides is 3. The summed E-state index contributed by atoms with van der Waals surface area (Å²) in [5.74, 6) is -4.28. The smallest absolute Gasteiger partial charge is 0.326 e. The number of nitrogens with two attached hydrogens (primary N) is 2. The summed E-state index contributed by atoms with van der Waals surface area (Å²) < 4.78 is 0. The maximum atomic E-state index is 12.9. The number of rotatable bonds is 18. The average Bonchev–Trinajstić information content (AvgIpc) is 2.76. The van der Waals surface area contributed by atoms with Crippen molar-refractivity contribution in [2.45, 2.75) is 76.5 Å². The summed E-state index contributed by atoms with van der Waals surface area (Å²) in [5, 5.41) is 25.8. The Morgan fingerprint density at radius 3 is 1.91 bits per heavy atom. The number of unbranched alkanes of at least 4 members (excludes halogenated alkanes) is 1. The molecule has 9 N–H and O–H groups in total. The van der Waals surface area contributed by atoms with Crippen LogP contribution in [0.4, 0.5) is 0 Å². The molecule has 0 rings (SSSR count). The predicted octanol–water partition coefficient (Wildman–Crippen LogP) is -0.744. The first-order valence-corrected chi connectivity index (χ1v) is 12.6. The van der Waals surface area contributed by atoms with Gasteiger partial charge in [-0.2, -0.15) is 11.8 Å². The summed E-state index contributed by atoms with van der Waals surface area (Å²) in [6.07, 6.45) is 3.08. The highest BCUT2D eigenvalue weighted by Gasteiger charge is 2.31. The second kappa shape index (κ2) is 17.1. The Balaban J connectivity index is 5.44. The molecule has 0 radical (unpaired) electrons. The van der Waals surface area contributed by atoms with Crippen LogP contribution in [-0.4, -0.2) is 82.6 Å². The molecule has 0 aromatic heterocycles. The standard InChI is InChI=1S/C21H39N5O7S/c1-12(2)17(21(32)33)26-20(31)15(9-11-34-3)25-19(30)14(7-8-16(27)28)24-18(29)13(23)6-4-5-10-22/h12-15,17H,4-11,22-23H2,1-3H3,(H,24,29)(H,25,30)(H,26,31)(H,27,28)(H,32,33). The lowest BCUT2D eigenvalue weighted by Gasteiger charge is -2.26. The fraction of sp³-hybridized carbons (Fsp3) is 0.762. The highest BCUT2D eigenvalue weighted by molar-refractivity contribution is 7.98. The van der Waals surface area contributed by atoms with E-state index in [0.717, 1.165) is 0 Å². The molecule has 4 atom stereocenters. The van der Waals surface area contributed by atoms with E-state index in [0.29, 0.717) is 31.6 Å². The molecule has 13 heteroatoms. The van der Waals surface area contributed by atoms with Crippen molar-refractivity contribution >= 4 is 41.4 Å². The van der Waals surface area contributed by atoms with E-state index < -0.39 is 60.2 Å². The Hall–Kier alpha value is -2.38. The monoisotopic (exact) mass is 505 g/mol. The normalized spacial score (nSPS) is 14.5. The van der Waals surface area contributed by atoms with Gasteiger partial charge in [-0.3, -0.25) is 19.2 Å². The number of carbonyl (C=O) groups is 5. The second-order valence-electron chi connectivity index (χ2n) is 8.30. The molecular formula is C21H39N5O7S. The first-order valence-electron chi connectivity index (χ1n) is 11.2. The Morgan fingerprint density at radius 2 is 1.41 bits per heavy atom. The van der Waals surface area contributed by atoms with Gasteiger partial charge in [0, 0.05) is 6.42 Å². The third-order valence-electron chi connectivity index (χ3n) is 5.06. The van der Waals surface area contributed by atoms with Gasteiger partial charge < -0.3 is 37.6 Å². The summed E-state index contributed by atoms with van der Waals surface area (Å²) in [6, 6.07) is -4.34. The molecule has 34 heavy (non-hydrogen) atoms. The van der Waals surface area contributed by atoms with Gasteiger partial charge in [-0.15, -0.1) is 0 Å². The topological polar surface area (TPSA) is 214 Å². The fourth-order valence-corrected chi connectivity index (χ4v) is 3.47. The van der Waals surface area contributed by atoms with Crippen LogP contribution in [-0.2, 0) is 24.0 Å². The number of hydrogen-bond acceptors (Lipinski definition) is 8. The number of hydrogen-bond donors (Lipinski definition) is 7. The minimum Gasteiger partial charge on any atom is -0.481 e. The molecule has 0 aliphatic heterocycles. The number of nitrogens with one attached hydrogen (secondary N) is 3. The first kappa shape index (κ1) is 31.6. The molecule has 0 spiro atoms. The minimum atomic E-state index is -1.23. The number of aliphatic carboxylic acids is 2. The van der Waals surface area contributed by atoms with Crippen molar-refractivity contribution in [3.05, 3.63) is 0 Å². The summed E-state index contributed by atoms with van der Waals surface area (Å²) >= 11 is 1.43. The molecule has 0 heterocycles. The lowest BCUT2D eigenvalue weighted by atomic mass is 10.0. The van der Waals surface area contributed by atoms with Crippen LogP contribution < -0.4 is 27.4 Å². The van der Waals surface area contributed by atoms with E-state index >= 15 is 0 Å². The molecule has 0 saturated heterocycles. The van der Waals surface area contributed by atoms with Gasteiger partial charge in [-0.25, -0.2) is 4.79 Å². The van der Waals surface area contributed by atoms with Gasteiger partial charge in [-0.1, -0.05) is 20.3 Å². The van der Waals surface area contributed by atoms with Gasteiger partial charge >= 0.3 is 11.9 Å². The molecule has 0 aliphatic rings. The van der Waals surface area contributed by atoms with Gasteiger partial charge in [0.1, 0.15) is 18.1 Å². The highest BCUT2D eigenvalue weighted by atomic mass is 32.2. The van der Waals surface area contributed by atoms with E-state index in [9.17, 15) is 29.1 Å². The first-order chi connectivity index (χ1) is 15.9. The molecule has 0 bridgehead atoms. The third kappa shape index (κ3) is 12.8. The maximum absolute atomic E-state index is 12.9. The quantitative estimate of drug-likeness (QED) is 0.116. The SMILES string of the molecule is CSCCC(NC(=O)C(CCC(=O)O)NC(=O)C(N)CCCCN)C(=O)NC(C(=O)O)C(C)C. The Labute approximate surface area is 204 Å². The summed E-state index contributed by atoms with van der Waals surface area (Å²) in [6.45, 7) is 3.74. The van der Waals surface area contributed by atoms with Gasteiger partial charge in [0.05, 0.1) is 6.04 Å². The van der Waals surface area contributed by atoms with Crippen LogP contribution in [0.3, 0.4) is 0 Å². The zero-order chi connectivity index (χ0) is 26.3. The highest BCUT2D eigenvalue weighted by Crippen LogP contribution is 2.08. The predicted molar refractivity (Wildman–Crippen MR) is 129 cm³/mol. The lowest BCUT2D eigenvalue weighted by Crippen LogP contribution is -2.57. The Bertz CT molecular complexity index is 692. The van der Waals surface area contributed by atoms with Gasteiger partial charge in [0.2, 0.25) is 17.7 Å². The van der Waals surface area contributed by atoms with Gasteiger partial charge in [0.15, 0.2) is 0 Å². The summed E-state index contributed by atoms with van der Waals surface area (Å²) in [4.78, 5) is 60.6. The van der Waals surface area contributed by atoms with Crippen molar-refractivity contribution in [2.75, 3.05) is 18.6 Å². The van der Waals surface area contributed by atoms with Crippen LogP contribution in [0.15, 0.2) is 0 Å². The van der Waals surface area contributed by atoms with Crippen LogP contribution in [0.1, 0.15) is 52.4 Å². The zero-order valence-electron chi connectivity index (χ0n) is 20.0. The van der Waals surface area contributed by atoms with E-state index in [1.807, 2.05) is 6.26 Å². The van der Waals surface area contributed by atoms with Crippen molar-refractivity contribution in [3.8, 4) is 0 Å². The van der Waals surface area contributed by atoms with E-state index in [-0.39, 0.29) is 18.8 Å². The van der Waals surface area contributed by atoms with E-state index in [1.54, 1.807) is 13.8 Å². The largest absolute Gasteiger partial charge is 0.481 e. The molecule has 0 saturated carbocycles. The fourth-order valence-electron chi connectivity index (χ4n) is 3.00. The molecule has 0 aromatic carbocycles. The molecule has 196 valence electrons. The van der Waals surface area contributed by atoms with Crippen LogP contribution in [0, 0.1) is 5.92 Å². The van der Waals surface area contributed by atoms with E-state index in [1.165, 1.54) is 11.8 Å². The Morgan fingerprint density at radius 1 is 0.853 bits per heavy atom. The Kier molecular flexibility index (Phi) is 15.9. The molecule has 12 nitrogen and oxygen atoms in total. The van der Waals surface area contributed by atoms with Gasteiger partial charge in [-0.05, 0) is 50.2 Å². The molecule has 4 unspecified atom stereocenters. The maximum Gasteiger partial charge on any atom is 0.326 e. The molecule has 3 amide bonds. The van der Waals surface area contributed by atoms with Crippen molar-refractivity contribution in [1.29, 1.82) is 0 Å². The minimum absolute atomic E-state index is 0.205. The summed E-state index contributed by atoms with van der Waals surface area (Å²) in [7, 11) is 0. The van der Waals surface area contributed by atoms with Crippen molar-refractivity contribution in [3.63, 3.8) is 0 Å².